The number of alkyl halides is 1. The van der Waals surface area contributed by atoms with Crippen molar-refractivity contribution in [3.05, 3.63) is 245 Å². The fourth-order valence-corrected chi connectivity index (χ4v) is 15.1. The second kappa shape index (κ2) is 15.0. The molecule has 12 aromatic rings. The van der Waals surface area contributed by atoms with Crippen LogP contribution in [-0.4, -0.2) is 5.67 Å². The Balaban J connectivity index is 0.961. The third-order valence-electron chi connectivity index (χ3n) is 18.1. The molecule has 0 aromatic heterocycles. The van der Waals surface area contributed by atoms with E-state index in [-0.39, 0.29) is 23.6 Å². The van der Waals surface area contributed by atoms with E-state index in [1.165, 1.54) is 137 Å². The van der Waals surface area contributed by atoms with E-state index in [0.717, 1.165) is 28.5 Å². The first-order chi connectivity index (χ1) is 36.9. The molecule has 4 atom stereocenters. The van der Waals surface area contributed by atoms with Gasteiger partial charge in [-0.1, -0.05) is 176 Å². The minimum atomic E-state index is -1.38. The zero-order chi connectivity index (χ0) is 49.4. The largest absolute Gasteiger partial charge is 0.239 e. The summed E-state index contributed by atoms with van der Waals surface area (Å²) >= 11 is 0. The third-order valence-corrected chi connectivity index (χ3v) is 18.1. The van der Waals surface area contributed by atoms with Crippen LogP contribution in [0.3, 0.4) is 0 Å². The normalized spacial score (nSPS) is 19.6. The van der Waals surface area contributed by atoms with Gasteiger partial charge in [-0.05, 0) is 221 Å². The molecule has 75 heavy (non-hydrogen) atoms. The summed E-state index contributed by atoms with van der Waals surface area (Å²) in [5, 5.41) is 16.2. The molecule has 352 valence electrons. The highest BCUT2D eigenvalue weighted by Gasteiger charge is 2.48. The maximum absolute atomic E-state index is 15.7. The van der Waals surface area contributed by atoms with Gasteiger partial charge in [-0.2, -0.15) is 0 Å². The molecule has 4 unspecified atom stereocenters. The summed E-state index contributed by atoms with van der Waals surface area (Å²) < 4.78 is 30.6. The minimum absolute atomic E-state index is 0.141. The Kier molecular flexibility index (Phi) is 8.32. The van der Waals surface area contributed by atoms with Crippen molar-refractivity contribution in [1.82, 2.24) is 0 Å². The smallest absolute Gasteiger partial charge is 0.130 e. The lowest BCUT2D eigenvalue weighted by Crippen LogP contribution is -2.27. The van der Waals surface area contributed by atoms with Crippen molar-refractivity contribution in [2.24, 2.45) is 0 Å². The number of hydrogen-bond acceptors (Lipinski definition) is 0. The Morgan fingerprint density at radius 3 is 1.57 bits per heavy atom. The summed E-state index contributed by atoms with van der Waals surface area (Å²) in [6.07, 6.45) is 14.9. The first kappa shape index (κ1) is 41.7. The molecule has 5 aliphatic carbocycles. The van der Waals surface area contributed by atoms with Crippen molar-refractivity contribution >= 4 is 82.4 Å². The summed E-state index contributed by atoms with van der Waals surface area (Å²) in [5.74, 6) is 0.332. The van der Waals surface area contributed by atoms with Gasteiger partial charge in [-0.15, -0.1) is 0 Å². The SMILES string of the molecule is CC1(F)C=CC(c2c3c(c(-c4ccccc4)c4cc5ccccc5cc24)C2C=Cc4c5c(c6ccc7c8c(ccc4c86)-c4c-7c(-c6ccccc6)c6cc7ccccc7cc6c4-c4ccc(F)cc4)=CCC3C52)=CC1. The van der Waals surface area contributed by atoms with E-state index in [1.54, 1.807) is 25.1 Å². The van der Waals surface area contributed by atoms with Gasteiger partial charge >= 0.3 is 0 Å². The minimum Gasteiger partial charge on any atom is -0.239 e. The fraction of sp³-hybridized carbons (Fsp3) is 0.0959. The van der Waals surface area contributed by atoms with Crippen LogP contribution >= 0.6 is 0 Å². The molecule has 0 aliphatic heterocycles. The maximum Gasteiger partial charge on any atom is 0.130 e. The molecule has 0 nitrogen and oxygen atoms in total. The first-order valence-electron chi connectivity index (χ1n) is 26.6. The van der Waals surface area contributed by atoms with Crippen molar-refractivity contribution in [2.45, 2.75) is 43.2 Å². The highest BCUT2D eigenvalue weighted by Crippen LogP contribution is 2.65. The molecule has 0 saturated carbocycles. The standard InChI is InChI=1S/C73H46F2/c1-73(75)34-32-43(33-35-73)64-60-39-47-19-11-9-17-45(47)37-58(60)62(41-14-6-3-7-15-41)70-54-29-25-50-51-26-30-55-67-53(28-24-49(65(51)67)52-27-31-56(72(64)70)68(54)66(50)52)69-61(40-12-4-2-5-13-40)57-36-44-16-8-10-18-46(44)38-59(57)63(71(55)69)42-20-22-48(74)23-21-42/h2-30,32-34,36-39,54,56,68H,31,35H2,1H3. The molecule has 0 heterocycles. The van der Waals surface area contributed by atoms with Crippen LogP contribution in [-0.2, 0) is 0 Å². The van der Waals surface area contributed by atoms with Crippen LogP contribution in [0.25, 0.3) is 138 Å². The highest BCUT2D eigenvalue weighted by molar-refractivity contribution is 6.33. The van der Waals surface area contributed by atoms with Crippen LogP contribution in [0.1, 0.15) is 65.3 Å². The van der Waals surface area contributed by atoms with Gasteiger partial charge in [0.1, 0.15) is 11.5 Å². The van der Waals surface area contributed by atoms with Crippen LogP contribution in [0.4, 0.5) is 8.78 Å². The van der Waals surface area contributed by atoms with E-state index in [9.17, 15) is 4.39 Å². The van der Waals surface area contributed by atoms with Gasteiger partial charge in [0.15, 0.2) is 0 Å². The summed E-state index contributed by atoms with van der Waals surface area (Å²) in [4.78, 5) is 0. The molecule has 0 amide bonds. The van der Waals surface area contributed by atoms with E-state index in [4.69, 9.17) is 0 Å². The van der Waals surface area contributed by atoms with E-state index >= 15 is 4.39 Å². The van der Waals surface area contributed by atoms with Crippen LogP contribution in [0.2, 0.25) is 0 Å². The molecule has 17 rings (SSSR count). The Hall–Kier alpha value is -8.72. The van der Waals surface area contributed by atoms with E-state index in [0.29, 0.717) is 6.42 Å². The molecular weight excluding hydrogens is 915 g/mol. The Morgan fingerprint density at radius 2 is 0.987 bits per heavy atom. The topological polar surface area (TPSA) is 0 Å². The van der Waals surface area contributed by atoms with E-state index < -0.39 is 5.67 Å². The van der Waals surface area contributed by atoms with Gasteiger partial charge in [0.05, 0.1) is 0 Å². The molecule has 0 N–H and O–H groups in total. The van der Waals surface area contributed by atoms with Crippen molar-refractivity contribution in [3.63, 3.8) is 0 Å². The molecule has 0 bridgehead atoms. The predicted octanol–water partition coefficient (Wildman–Crippen LogP) is 19.4. The second-order valence-corrected chi connectivity index (χ2v) is 22.1. The predicted molar refractivity (Wildman–Crippen MR) is 311 cm³/mol. The summed E-state index contributed by atoms with van der Waals surface area (Å²) in [7, 11) is 0. The third kappa shape index (κ3) is 5.64. The Labute approximate surface area is 432 Å². The lowest BCUT2D eigenvalue weighted by molar-refractivity contribution is 0.260. The monoisotopic (exact) mass is 960 g/mol. The van der Waals surface area contributed by atoms with Gasteiger partial charge in [-0.3, -0.25) is 0 Å². The van der Waals surface area contributed by atoms with Gasteiger partial charge in [-0.25, -0.2) is 8.78 Å². The molecule has 2 heteroatoms. The van der Waals surface area contributed by atoms with Crippen molar-refractivity contribution in [3.8, 4) is 55.6 Å². The van der Waals surface area contributed by atoms with Crippen LogP contribution < -0.4 is 5.22 Å². The highest BCUT2D eigenvalue weighted by atomic mass is 19.1. The summed E-state index contributed by atoms with van der Waals surface area (Å²) in [6.45, 7) is 1.69. The molecular formula is C73H46F2. The second-order valence-electron chi connectivity index (χ2n) is 22.1. The number of rotatable bonds is 4. The number of fused-ring (bicyclic) bond motifs is 12. The molecule has 0 fully saturated rings. The number of benzene rings is 12. The van der Waals surface area contributed by atoms with Crippen LogP contribution in [0.5, 0.6) is 0 Å². The zero-order valence-electron chi connectivity index (χ0n) is 41.2. The van der Waals surface area contributed by atoms with E-state index in [1.807, 2.05) is 12.1 Å². The average molecular weight is 961 g/mol. The molecule has 0 spiro atoms. The quantitative estimate of drug-likeness (QED) is 0.154. The summed E-state index contributed by atoms with van der Waals surface area (Å²) in [6, 6.07) is 65.8. The van der Waals surface area contributed by atoms with Gasteiger partial charge in [0, 0.05) is 18.3 Å². The first-order valence-corrected chi connectivity index (χ1v) is 26.6. The van der Waals surface area contributed by atoms with Crippen LogP contribution in [0, 0.1) is 5.82 Å². The Morgan fingerprint density at radius 1 is 0.453 bits per heavy atom. The molecule has 0 saturated heterocycles. The van der Waals surface area contributed by atoms with Crippen molar-refractivity contribution in [2.75, 3.05) is 0 Å². The fourth-order valence-electron chi connectivity index (χ4n) is 15.1. The van der Waals surface area contributed by atoms with Gasteiger partial charge in [0.25, 0.3) is 0 Å². The number of halogens is 2. The maximum atomic E-state index is 15.7. The van der Waals surface area contributed by atoms with E-state index in [2.05, 4.69) is 188 Å². The van der Waals surface area contributed by atoms with Crippen LogP contribution in [0.15, 0.2) is 206 Å². The lowest BCUT2D eigenvalue weighted by atomic mass is 9.69. The number of hydrogen-bond donors (Lipinski definition) is 0. The van der Waals surface area contributed by atoms with Gasteiger partial charge in [0.2, 0.25) is 0 Å². The average Bonchev–Trinajstić information content (AvgIpc) is 4.13. The number of allylic oxidation sites excluding steroid dienone is 5. The van der Waals surface area contributed by atoms with Crippen molar-refractivity contribution in [1.29, 1.82) is 0 Å². The molecule has 5 aliphatic rings. The summed E-state index contributed by atoms with van der Waals surface area (Å²) in [5.41, 5.74) is 18.7. The lowest BCUT2D eigenvalue weighted by Gasteiger charge is -2.34. The molecule has 12 aromatic carbocycles. The van der Waals surface area contributed by atoms with Gasteiger partial charge < -0.3 is 0 Å². The zero-order valence-corrected chi connectivity index (χ0v) is 41.2. The van der Waals surface area contributed by atoms with Crippen molar-refractivity contribution < 1.29 is 8.78 Å². The Bertz CT molecular complexity index is 4720. The molecule has 0 radical (unpaired) electrons.